The van der Waals surface area contributed by atoms with Crippen LogP contribution in [0.3, 0.4) is 0 Å². The lowest BCUT2D eigenvalue weighted by molar-refractivity contribution is 0.289. The second-order valence-electron chi connectivity index (χ2n) is 6.92. The van der Waals surface area contributed by atoms with E-state index in [9.17, 15) is 9.90 Å². The highest BCUT2D eigenvalue weighted by atomic mass is 16.6. The van der Waals surface area contributed by atoms with Crippen molar-refractivity contribution in [2.45, 2.75) is 6.42 Å². The lowest BCUT2D eigenvalue weighted by Crippen LogP contribution is -2.06. The number of hydrogen-bond acceptors (Lipinski definition) is 7. The van der Waals surface area contributed by atoms with Gasteiger partial charge >= 0.3 is 0 Å². The zero-order valence-corrected chi connectivity index (χ0v) is 17.7. The van der Waals surface area contributed by atoms with Crippen molar-refractivity contribution < 1.29 is 28.5 Å². The normalized spacial score (nSPS) is 10.7. The summed E-state index contributed by atoms with van der Waals surface area (Å²) in [6.45, 7) is 0.318. The Morgan fingerprint density at radius 2 is 1.66 bits per heavy atom. The monoisotopic (exact) mass is 434 g/mol. The number of para-hydroxylation sites is 1. The Morgan fingerprint density at radius 1 is 0.906 bits per heavy atom. The first-order valence-electron chi connectivity index (χ1n) is 9.95. The van der Waals surface area contributed by atoms with Gasteiger partial charge in [0.1, 0.15) is 22.5 Å². The first kappa shape index (κ1) is 21.1. The fraction of sp³-hybridized carbons (Fsp3) is 0.160. The molecule has 1 N–H and O–H groups in total. The van der Waals surface area contributed by atoms with E-state index in [1.807, 2.05) is 30.3 Å². The van der Waals surface area contributed by atoms with E-state index in [0.717, 1.165) is 11.3 Å². The summed E-state index contributed by atoms with van der Waals surface area (Å²) in [5.41, 5.74) is 0.721. The molecule has 0 radical (unpaired) electrons. The maximum Gasteiger partial charge on any atom is 0.294 e. The molecule has 0 atom stereocenters. The third-order valence-electron chi connectivity index (χ3n) is 4.86. The quantitative estimate of drug-likeness (QED) is 0.421. The molecule has 0 fully saturated rings. The first-order valence-corrected chi connectivity index (χ1v) is 9.95. The molecule has 0 saturated carbocycles. The molecule has 1 aromatic heterocycles. The number of ether oxygens (including phenoxy) is 4. The van der Waals surface area contributed by atoms with Gasteiger partial charge in [-0.25, -0.2) is 0 Å². The van der Waals surface area contributed by atoms with Crippen molar-refractivity contribution >= 4 is 11.0 Å². The molecular formula is C25H22O7. The van der Waals surface area contributed by atoms with Gasteiger partial charge in [-0.3, -0.25) is 4.79 Å². The van der Waals surface area contributed by atoms with Gasteiger partial charge in [0.05, 0.1) is 26.9 Å². The number of benzene rings is 3. The average molecular weight is 434 g/mol. The van der Waals surface area contributed by atoms with Crippen LogP contribution in [-0.2, 0) is 6.42 Å². The molecular weight excluding hydrogens is 412 g/mol. The highest BCUT2D eigenvalue weighted by Crippen LogP contribution is 2.42. The van der Waals surface area contributed by atoms with E-state index >= 15 is 0 Å². The van der Waals surface area contributed by atoms with Crippen molar-refractivity contribution in [1.29, 1.82) is 0 Å². The largest absolute Gasteiger partial charge is 0.504 e. The van der Waals surface area contributed by atoms with Gasteiger partial charge in [0.2, 0.25) is 11.2 Å². The summed E-state index contributed by atoms with van der Waals surface area (Å²) >= 11 is 0. The lowest BCUT2D eigenvalue weighted by atomic mass is 10.1. The maximum absolute atomic E-state index is 12.6. The number of methoxy groups -OCH3 is 2. The minimum Gasteiger partial charge on any atom is -0.504 e. The highest BCUT2D eigenvalue weighted by molar-refractivity contribution is 5.88. The highest BCUT2D eigenvalue weighted by Gasteiger charge is 2.20. The molecule has 0 amide bonds. The molecule has 0 aliphatic rings. The van der Waals surface area contributed by atoms with Crippen molar-refractivity contribution in [2.75, 3.05) is 20.8 Å². The number of fused-ring (bicyclic) bond motifs is 1. The van der Waals surface area contributed by atoms with Crippen LogP contribution in [-0.4, -0.2) is 25.9 Å². The summed E-state index contributed by atoms with van der Waals surface area (Å²) in [5.74, 6) is 1.28. The molecule has 0 unspecified atom stereocenters. The molecule has 7 nitrogen and oxygen atoms in total. The molecule has 0 spiro atoms. The molecule has 32 heavy (non-hydrogen) atoms. The molecule has 0 aliphatic carbocycles. The van der Waals surface area contributed by atoms with Crippen LogP contribution in [0.15, 0.2) is 75.9 Å². The summed E-state index contributed by atoms with van der Waals surface area (Å²) in [5, 5.41) is 10.6. The number of hydrogen-bond donors (Lipinski definition) is 1. The van der Waals surface area contributed by atoms with Crippen molar-refractivity contribution in [3.05, 3.63) is 82.5 Å². The zero-order chi connectivity index (χ0) is 22.5. The molecule has 4 aromatic rings. The molecule has 3 aromatic carbocycles. The minimum absolute atomic E-state index is 0.00227. The van der Waals surface area contributed by atoms with Crippen LogP contribution in [0.1, 0.15) is 5.56 Å². The second kappa shape index (κ2) is 9.34. The number of aromatic hydroxyl groups is 1. The van der Waals surface area contributed by atoms with Crippen LogP contribution < -0.4 is 24.4 Å². The van der Waals surface area contributed by atoms with E-state index < -0.39 is 5.43 Å². The van der Waals surface area contributed by atoms with Crippen molar-refractivity contribution in [2.24, 2.45) is 0 Å². The van der Waals surface area contributed by atoms with Gasteiger partial charge < -0.3 is 28.5 Å². The summed E-state index contributed by atoms with van der Waals surface area (Å²) in [4.78, 5) is 12.6. The van der Waals surface area contributed by atoms with E-state index in [-0.39, 0.29) is 34.2 Å². The number of phenolic OH excluding ortho intramolecular Hbond substituents is 1. The Bertz CT molecular complexity index is 1260. The van der Waals surface area contributed by atoms with Crippen LogP contribution in [0, 0.1) is 0 Å². The maximum atomic E-state index is 12.6. The van der Waals surface area contributed by atoms with E-state index in [1.54, 1.807) is 31.4 Å². The van der Waals surface area contributed by atoms with Crippen LogP contribution in [0.4, 0.5) is 0 Å². The Hall–Kier alpha value is -4.13. The van der Waals surface area contributed by atoms with Gasteiger partial charge in [0.25, 0.3) is 5.95 Å². The molecule has 7 heteroatoms. The zero-order valence-electron chi connectivity index (χ0n) is 17.7. The second-order valence-corrected chi connectivity index (χ2v) is 6.92. The summed E-state index contributed by atoms with van der Waals surface area (Å²) in [7, 11) is 3.01. The predicted octanol–water partition coefficient (Wildman–Crippen LogP) is 4.93. The first-order chi connectivity index (χ1) is 15.6. The summed E-state index contributed by atoms with van der Waals surface area (Å²) in [6.07, 6.45) is 0.618. The molecule has 0 bridgehead atoms. The smallest absolute Gasteiger partial charge is 0.294 e. The van der Waals surface area contributed by atoms with E-state index in [2.05, 4.69) is 0 Å². The van der Waals surface area contributed by atoms with E-state index in [0.29, 0.717) is 18.8 Å². The van der Waals surface area contributed by atoms with Crippen molar-refractivity contribution in [3.8, 4) is 34.7 Å². The Kier molecular flexibility index (Phi) is 6.17. The Balaban J connectivity index is 1.61. The SMILES string of the molecule is COc1ccc(CCOc2cc3oc(Oc4ccccc4)cc(=O)c3c(O)c2OC)cc1. The van der Waals surface area contributed by atoms with Crippen molar-refractivity contribution in [3.63, 3.8) is 0 Å². The summed E-state index contributed by atoms with van der Waals surface area (Å²) < 4.78 is 27.7. The van der Waals surface area contributed by atoms with Crippen LogP contribution in [0.25, 0.3) is 11.0 Å². The van der Waals surface area contributed by atoms with E-state index in [1.165, 1.54) is 19.2 Å². The van der Waals surface area contributed by atoms with Gasteiger partial charge in [-0.2, -0.15) is 0 Å². The fourth-order valence-corrected chi connectivity index (χ4v) is 3.27. The minimum atomic E-state index is -0.460. The van der Waals surface area contributed by atoms with Gasteiger partial charge in [-0.05, 0) is 29.8 Å². The van der Waals surface area contributed by atoms with E-state index in [4.69, 9.17) is 23.4 Å². The van der Waals surface area contributed by atoms with Crippen molar-refractivity contribution in [1.82, 2.24) is 0 Å². The third kappa shape index (κ3) is 4.46. The molecule has 1 heterocycles. The predicted molar refractivity (Wildman–Crippen MR) is 119 cm³/mol. The van der Waals surface area contributed by atoms with Gasteiger partial charge in [0.15, 0.2) is 11.5 Å². The van der Waals surface area contributed by atoms with Crippen LogP contribution in [0.2, 0.25) is 0 Å². The molecule has 164 valence electrons. The Morgan fingerprint density at radius 3 is 2.34 bits per heavy atom. The number of phenols is 1. The molecule has 4 rings (SSSR count). The molecule has 0 saturated heterocycles. The Labute approximate surface area is 184 Å². The average Bonchev–Trinajstić information content (AvgIpc) is 2.80. The third-order valence-corrected chi connectivity index (χ3v) is 4.86. The van der Waals surface area contributed by atoms with Gasteiger partial charge in [-0.15, -0.1) is 0 Å². The lowest BCUT2D eigenvalue weighted by Gasteiger charge is -2.14. The topological polar surface area (TPSA) is 87.4 Å². The fourth-order valence-electron chi connectivity index (χ4n) is 3.27. The van der Waals surface area contributed by atoms with Gasteiger partial charge in [0, 0.05) is 12.5 Å². The van der Waals surface area contributed by atoms with Crippen LogP contribution in [0.5, 0.6) is 34.7 Å². The number of rotatable bonds is 8. The standard InChI is InChI=1S/C25H22O7/c1-28-17-10-8-16(9-11-17)12-13-30-21-15-20-23(24(27)25(21)29-2)19(26)14-22(32-20)31-18-6-4-3-5-7-18/h3-11,14-15,27H,12-13H2,1-2H3. The van der Waals surface area contributed by atoms with Crippen LogP contribution >= 0.6 is 0 Å². The summed E-state index contributed by atoms with van der Waals surface area (Å²) in [6, 6.07) is 19.3. The molecule has 0 aliphatic heterocycles. The van der Waals surface area contributed by atoms with Gasteiger partial charge in [-0.1, -0.05) is 30.3 Å².